The zero-order chi connectivity index (χ0) is 21.3. The lowest BCUT2D eigenvalue weighted by molar-refractivity contribution is 0.0956. The van der Waals surface area contributed by atoms with E-state index in [1.165, 1.54) is 0 Å². The highest BCUT2D eigenvalue weighted by atomic mass is 16.5. The number of hydrogen-bond acceptors (Lipinski definition) is 4. The van der Waals surface area contributed by atoms with Crippen molar-refractivity contribution in [3.63, 3.8) is 0 Å². The molecule has 0 aliphatic carbocycles. The summed E-state index contributed by atoms with van der Waals surface area (Å²) in [4.78, 5) is 12.8. The van der Waals surface area contributed by atoms with E-state index in [-0.39, 0.29) is 5.91 Å². The van der Waals surface area contributed by atoms with Gasteiger partial charge in [0.2, 0.25) is 0 Å². The van der Waals surface area contributed by atoms with E-state index < -0.39 is 0 Å². The summed E-state index contributed by atoms with van der Waals surface area (Å²) >= 11 is 0. The van der Waals surface area contributed by atoms with Crippen molar-refractivity contribution in [2.24, 2.45) is 5.10 Å². The van der Waals surface area contributed by atoms with Crippen LogP contribution in [0.15, 0.2) is 59.7 Å². The Morgan fingerprint density at radius 3 is 2.67 bits per heavy atom. The second kappa shape index (κ2) is 10.4. The smallest absolute Gasteiger partial charge is 0.272 e. The van der Waals surface area contributed by atoms with Gasteiger partial charge in [-0.05, 0) is 60.4 Å². The van der Waals surface area contributed by atoms with Crippen molar-refractivity contribution < 1.29 is 14.3 Å². The van der Waals surface area contributed by atoms with E-state index in [0.29, 0.717) is 24.5 Å². The maximum atomic E-state index is 12.8. The first-order valence-corrected chi connectivity index (χ1v) is 10.4. The van der Waals surface area contributed by atoms with Gasteiger partial charge in [0.05, 0.1) is 25.0 Å². The van der Waals surface area contributed by atoms with E-state index in [9.17, 15) is 4.79 Å². The molecule has 0 aliphatic rings. The molecule has 0 aliphatic heterocycles. The number of aryl methyl sites for hydroxylation is 1. The van der Waals surface area contributed by atoms with Crippen molar-refractivity contribution in [3.8, 4) is 11.5 Å². The van der Waals surface area contributed by atoms with Crippen LogP contribution in [0.1, 0.15) is 48.2 Å². The second-order valence-electron chi connectivity index (χ2n) is 7.02. The van der Waals surface area contributed by atoms with Crippen LogP contribution in [0.2, 0.25) is 0 Å². The number of amides is 1. The zero-order valence-electron chi connectivity index (χ0n) is 17.8. The Morgan fingerprint density at radius 1 is 1.03 bits per heavy atom. The van der Waals surface area contributed by atoms with Crippen molar-refractivity contribution in [2.75, 3.05) is 13.2 Å². The molecule has 0 saturated heterocycles. The van der Waals surface area contributed by atoms with Crippen LogP contribution >= 0.6 is 0 Å². The van der Waals surface area contributed by atoms with Gasteiger partial charge < -0.3 is 9.47 Å². The molecule has 0 saturated carbocycles. The number of rotatable bonds is 9. The Kier molecular flexibility index (Phi) is 7.44. The Balaban J connectivity index is 1.74. The Bertz CT molecular complexity index is 1040. The number of unbranched alkanes of at least 4 members (excludes halogenated alkanes) is 1. The van der Waals surface area contributed by atoms with E-state index in [2.05, 4.69) is 17.5 Å². The summed E-state index contributed by atoms with van der Waals surface area (Å²) in [6.07, 6.45) is 3.68. The fraction of sp³-hybridized carbons (Fsp3) is 0.280. The molecule has 0 fully saturated rings. The lowest BCUT2D eigenvalue weighted by atomic mass is 9.99. The maximum Gasteiger partial charge on any atom is 0.272 e. The van der Waals surface area contributed by atoms with Crippen LogP contribution in [0, 0.1) is 6.92 Å². The van der Waals surface area contributed by atoms with Crippen molar-refractivity contribution in [1.29, 1.82) is 0 Å². The Hall–Kier alpha value is -3.34. The maximum absolute atomic E-state index is 12.8. The van der Waals surface area contributed by atoms with Crippen molar-refractivity contribution in [2.45, 2.75) is 33.6 Å². The molecule has 0 aromatic heterocycles. The van der Waals surface area contributed by atoms with Gasteiger partial charge in [-0.2, -0.15) is 5.10 Å². The predicted molar refractivity (Wildman–Crippen MR) is 122 cm³/mol. The van der Waals surface area contributed by atoms with E-state index in [1.54, 1.807) is 6.21 Å². The predicted octanol–water partition coefficient (Wildman–Crippen LogP) is 5.49. The summed E-state index contributed by atoms with van der Waals surface area (Å²) in [5, 5.41) is 6.09. The number of nitrogens with one attached hydrogen (secondary N) is 1. The first-order chi connectivity index (χ1) is 14.6. The highest BCUT2D eigenvalue weighted by molar-refractivity contribution is 6.08. The molecular formula is C25H28N2O3. The van der Waals surface area contributed by atoms with Gasteiger partial charge in [0, 0.05) is 0 Å². The summed E-state index contributed by atoms with van der Waals surface area (Å²) in [5.41, 5.74) is 5.01. The average molecular weight is 405 g/mol. The number of benzene rings is 3. The van der Waals surface area contributed by atoms with Gasteiger partial charge in [0.15, 0.2) is 11.5 Å². The van der Waals surface area contributed by atoms with Gasteiger partial charge in [0.1, 0.15) is 0 Å². The van der Waals surface area contributed by atoms with E-state index in [4.69, 9.17) is 9.47 Å². The van der Waals surface area contributed by atoms with Gasteiger partial charge in [-0.3, -0.25) is 4.79 Å². The summed E-state index contributed by atoms with van der Waals surface area (Å²) in [7, 11) is 0. The lowest BCUT2D eigenvalue weighted by Gasteiger charge is -2.12. The van der Waals surface area contributed by atoms with Crippen molar-refractivity contribution in [1.82, 2.24) is 5.43 Å². The number of fused-ring (bicyclic) bond motifs is 1. The third-order valence-corrected chi connectivity index (χ3v) is 4.77. The van der Waals surface area contributed by atoms with E-state index in [0.717, 1.165) is 40.5 Å². The average Bonchev–Trinajstić information content (AvgIpc) is 2.75. The van der Waals surface area contributed by atoms with E-state index >= 15 is 0 Å². The normalized spacial score (nSPS) is 11.0. The molecule has 3 rings (SSSR count). The van der Waals surface area contributed by atoms with Gasteiger partial charge >= 0.3 is 0 Å². The third-order valence-electron chi connectivity index (χ3n) is 4.77. The standard InChI is InChI=1S/C25H28N2O3/c1-4-6-15-30-22-14-12-19(16-23(22)29-5-2)17-26-27-25(28)24-18(3)11-13-20-9-7-8-10-21(20)24/h7-14,16-17H,4-6,15H2,1-3H3,(H,27,28)/b26-17-. The molecule has 3 aromatic carbocycles. The third kappa shape index (κ3) is 5.17. The van der Waals surface area contributed by atoms with Crippen LogP contribution < -0.4 is 14.9 Å². The van der Waals surface area contributed by atoms with Crippen LogP contribution in [0.4, 0.5) is 0 Å². The molecule has 0 bridgehead atoms. The molecule has 1 N–H and O–H groups in total. The SMILES string of the molecule is CCCCOc1ccc(/C=N\NC(=O)c2c(C)ccc3ccccc23)cc1OCC. The molecule has 0 spiro atoms. The van der Waals surface area contributed by atoms with Gasteiger partial charge in [0.25, 0.3) is 5.91 Å². The Labute approximate surface area is 177 Å². The lowest BCUT2D eigenvalue weighted by Crippen LogP contribution is -2.19. The largest absolute Gasteiger partial charge is 0.490 e. The molecule has 0 unspecified atom stereocenters. The van der Waals surface area contributed by atoms with Crippen molar-refractivity contribution in [3.05, 3.63) is 71.3 Å². The summed E-state index contributed by atoms with van der Waals surface area (Å²) in [5.74, 6) is 1.16. The highest BCUT2D eigenvalue weighted by Crippen LogP contribution is 2.28. The molecule has 0 heterocycles. The van der Waals surface area contributed by atoms with Gasteiger partial charge in [-0.25, -0.2) is 5.43 Å². The number of hydrazone groups is 1. The highest BCUT2D eigenvalue weighted by Gasteiger charge is 2.12. The molecule has 0 radical (unpaired) electrons. The number of carbonyl (C=O) groups excluding carboxylic acids is 1. The molecule has 3 aromatic rings. The quantitative estimate of drug-likeness (QED) is 0.291. The zero-order valence-corrected chi connectivity index (χ0v) is 17.8. The fourth-order valence-electron chi connectivity index (χ4n) is 3.22. The van der Waals surface area contributed by atoms with Crippen LogP contribution in [0.5, 0.6) is 11.5 Å². The molecule has 5 nitrogen and oxygen atoms in total. The summed E-state index contributed by atoms with van der Waals surface area (Å²) in [6.45, 7) is 7.19. The number of nitrogens with zero attached hydrogens (tertiary/aromatic N) is 1. The molecule has 30 heavy (non-hydrogen) atoms. The van der Waals surface area contributed by atoms with Crippen molar-refractivity contribution >= 4 is 22.9 Å². The second-order valence-corrected chi connectivity index (χ2v) is 7.02. The molecule has 0 atom stereocenters. The van der Waals surface area contributed by atoms with E-state index in [1.807, 2.05) is 68.4 Å². The molecule has 5 heteroatoms. The minimum absolute atomic E-state index is 0.231. The van der Waals surface area contributed by atoms with Crippen LogP contribution in [0.3, 0.4) is 0 Å². The molecular weight excluding hydrogens is 376 g/mol. The number of hydrogen-bond donors (Lipinski definition) is 1. The minimum Gasteiger partial charge on any atom is -0.490 e. The minimum atomic E-state index is -0.231. The first-order valence-electron chi connectivity index (χ1n) is 10.4. The topological polar surface area (TPSA) is 59.9 Å². The first kappa shape index (κ1) is 21.4. The fourth-order valence-corrected chi connectivity index (χ4v) is 3.22. The molecule has 1 amide bonds. The number of ether oxygens (including phenoxy) is 2. The monoisotopic (exact) mass is 404 g/mol. The van der Waals surface area contributed by atoms with Crippen LogP contribution in [0.25, 0.3) is 10.8 Å². The Morgan fingerprint density at radius 2 is 1.87 bits per heavy atom. The number of carbonyl (C=O) groups is 1. The molecule has 156 valence electrons. The van der Waals surface area contributed by atoms with Gasteiger partial charge in [-0.1, -0.05) is 49.7 Å². The van der Waals surface area contributed by atoms with Gasteiger partial charge in [-0.15, -0.1) is 0 Å². The van der Waals surface area contributed by atoms with Crippen LogP contribution in [-0.2, 0) is 0 Å². The summed E-state index contributed by atoms with van der Waals surface area (Å²) < 4.78 is 11.5. The summed E-state index contributed by atoms with van der Waals surface area (Å²) in [6, 6.07) is 17.4. The van der Waals surface area contributed by atoms with Crippen LogP contribution in [-0.4, -0.2) is 25.3 Å².